The number of nitriles is 1. The molecule has 0 unspecified atom stereocenters. The van der Waals surface area contributed by atoms with Gasteiger partial charge in [0.25, 0.3) is 11.8 Å². The number of rotatable bonds is 6. The highest BCUT2D eigenvalue weighted by atomic mass is 19.2. The molecule has 2 aliphatic rings. The number of hydrogen-bond acceptors (Lipinski definition) is 8. The maximum Gasteiger partial charge on any atom is 0.408 e. The van der Waals surface area contributed by atoms with Crippen molar-refractivity contribution >= 4 is 17.9 Å². The lowest BCUT2D eigenvalue weighted by Gasteiger charge is -2.32. The summed E-state index contributed by atoms with van der Waals surface area (Å²) >= 11 is 0. The molecule has 1 aromatic heterocycles. The maximum absolute atomic E-state index is 13.5. The van der Waals surface area contributed by atoms with Crippen LogP contribution in [0.3, 0.4) is 0 Å². The second kappa shape index (κ2) is 14.8. The molecule has 0 bridgehead atoms. The first-order valence-electron chi connectivity index (χ1n) is 14.7. The number of carbonyl (C=O) groups is 3. The number of carbonyl (C=O) groups excluding carboxylic acids is 3. The largest absolute Gasteiger partial charge is 0.444 e. The van der Waals surface area contributed by atoms with Gasteiger partial charge in [0, 0.05) is 58.1 Å². The van der Waals surface area contributed by atoms with Crippen molar-refractivity contribution in [3.8, 4) is 17.9 Å². The molecule has 2 fully saturated rings. The summed E-state index contributed by atoms with van der Waals surface area (Å²) in [6.45, 7) is 8.29. The van der Waals surface area contributed by atoms with E-state index in [0.717, 1.165) is 38.0 Å². The van der Waals surface area contributed by atoms with Crippen molar-refractivity contribution in [2.75, 3.05) is 45.8 Å². The number of nitrogens with one attached hydrogen (secondary N) is 2. The molecule has 3 amide bonds. The topological polar surface area (TPSA) is 131 Å². The number of ether oxygens (including phenoxy) is 1. The van der Waals surface area contributed by atoms with Crippen LogP contribution in [0.2, 0.25) is 0 Å². The molecule has 11 nitrogen and oxygen atoms in total. The van der Waals surface area contributed by atoms with E-state index in [0.29, 0.717) is 10.7 Å². The van der Waals surface area contributed by atoms with E-state index in [9.17, 15) is 18.9 Å². The number of aromatic nitrogens is 1. The molecule has 3 heterocycles. The molecule has 0 radical (unpaired) electrons. The van der Waals surface area contributed by atoms with Crippen molar-refractivity contribution in [3.63, 3.8) is 0 Å². The van der Waals surface area contributed by atoms with Crippen molar-refractivity contribution in [1.29, 1.82) is 5.26 Å². The van der Waals surface area contributed by atoms with Gasteiger partial charge in [-0.2, -0.15) is 5.26 Å². The number of alkyl carbamates (subject to hydrolysis) is 1. The van der Waals surface area contributed by atoms with E-state index in [1.807, 2.05) is 24.3 Å². The van der Waals surface area contributed by atoms with Crippen LogP contribution in [0.15, 0.2) is 36.5 Å². The van der Waals surface area contributed by atoms with Gasteiger partial charge >= 0.3 is 6.09 Å². The maximum atomic E-state index is 13.5. The highest BCUT2D eigenvalue weighted by Crippen LogP contribution is 2.17. The van der Waals surface area contributed by atoms with Gasteiger partial charge in [0.05, 0.1) is 29.3 Å². The summed E-state index contributed by atoms with van der Waals surface area (Å²) in [5, 5.41) is 15.3. The van der Waals surface area contributed by atoms with Crippen LogP contribution >= 0.6 is 0 Å². The molecule has 0 saturated carbocycles. The second-order valence-corrected chi connectivity index (χ2v) is 11.8. The lowest BCUT2D eigenvalue weighted by Crippen LogP contribution is -2.46. The molecule has 4 rings (SSSR count). The molecule has 2 aliphatic heterocycles. The van der Waals surface area contributed by atoms with Crippen LogP contribution in [0.5, 0.6) is 0 Å². The van der Waals surface area contributed by atoms with Crippen LogP contribution in [-0.4, -0.2) is 95.3 Å². The molecule has 1 aromatic carbocycles. The molecule has 0 aliphatic carbocycles. The van der Waals surface area contributed by atoms with E-state index in [4.69, 9.17) is 10.00 Å². The number of hydrogen-bond donors (Lipinski definition) is 2. The number of halogens is 1. The average Bonchev–Trinajstić information content (AvgIpc) is 2.99. The van der Waals surface area contributed by atoms with E-state index in [1.165, 1.54) is 12.3 Å². The number of pyridine rings is 1. The summed E-state index contributed by atoms with van der Waals surface area (Å²) in [4.78, 5) is 46.6. The lowest BCUT2D eigenvalue weighted by atomic mass is 10.0. The number of piperazine rings is 1. The Balaban J connectivity index is 1.41. The smallest absolute Gasteiger partial charge is 0.408 e. The summed E-state index contributed by atoms with van der Waals surface area (Å²) in [5.74, 6) is 4.99. The third-order valence-electron chi connectivity index (χ3n) is 7.22. The zero-order valence-electron chi connectivity index (χ0n) is 25.4. The van der Waals surface area contributed by atoms with Gasteiger partial charge in [-0.05, 0) is 57.4 Å². The van der Waals surface area contributed by atoms with Crippen molar-refractivity contribution in [1.82, 2.24) is 30.5 Å². The molecule has 12 heteroatoms. The molecule has 0 atom stereocenters. The zero-order chi connectivity index (χ0) is 31.7. The fraction of sp³-hybridized carbons (Fsp3) is 0.469. The summed E-state index contributed by atoms with van der Waals surface area (Å²) < 4.78 is 18.7. The van der Waals surface area contributed by atoms with Gasteiger partial charge in [-0.3, -0.25) is 14.5 Å². The number of nitrogens with zero attached hydrogens (tertiary/aromatic N) is 5. The minimum Gasteiger partial charge on any atom is -0.444 e. The van der Waals surface area contributed by atoms with Crippen LogP contribution in [0.1, 0.15) is 71.1 Å². The summed E-state index contributed by atoms with van der Waals surface area (Å²) in [7, 11) is 0. The molecule has 0 spiro atoms. The lowest BCUT2D eigenvalue weighted by molar-refractivity contribution is -0.0169. The van der Waals surface area contributed by atoms with Crippen LogP contribution < -0.4 is 10.6 Å². The highest BCUT2D eigenvalue weighted by Gasteiger charge is 2.26. The average molecular weight is 604 g/mol. The van der Waals surface area contributed by atoms with Crippen molar-refractivity contribution in [2.45, 2.75) is 51.8 Å². The van der Waals surface area contributed by atoms with Gasteiger partial charge in [-0.15, -0.1) is 9.60 Å². The fourth-order valence-electron chi connectivity index (χ4n) is 4.93. The minimum atomic E-state index is -0.658. The van der Waals surface area contributed by atoms with Crippen molar-refractivity contribution in [3.05, 3.63) is 64.5 Å². The van der Waals surface area contributed by atoms with Crippen LogP contribution in [0.25, 0.3) is 0 Å². The monoisotopic (exact) mass is 603 g/mol. The van der Waals surface area contributed by atoms with E-state index < -0.39 is 17.6 Å². The summed E-state index contributed by atoms with van der Waals surface area (Å²) in [6, 6.07) is 11.1. The quantitative estimate of drug-likeness (QED) is 0.381. The highest BCUT2D eigenvalue weighted by molar-refractivity contribution is 5.98. The number of benzene rings is 1. The van der Waals surface area contributed by atoms with E-state index in [2.05, 4.69) is 38.4 Å². The van der Waals surface area contributed by atoms with Gasteiger partial charge in [0.15, 0.2) is 0 Å². The first-order valence-corrected chi connectivity index (χ1v) is 14.7. The van der Waals surface area contributed by atoms with E-state index in [-0.39, 0.29) is 61.5 Å². The molecular formula is C32H38FN7O4. The Kier molecular flexibility index (Phi) is 10.9. The molecule has 2 aromatic rings. The summed E-state index contributed by atoms with van der Waals surface area (Å²) in [5.41, 5.74) is 1.68. The Morgan fingerprint density at radius 2 is 1.75 bits per heavy atom. The second-order valence-electron chi connectivity index (χ2n) is 11.8. The number of amides is 3. The first-order chi connectivity index (χ1) is 21.0. The van der Waals surface area contributed by atoms with Gasteiger partial charge in [0.2, 0.25) is 0 Å². The van der Waals surface area contributed by atoms with Crippen LogP contribution in [0, 0.1) is 23.2 Å². The van der Waals surface area contributed by atoms with E-state index >= 15 is 0 Å². The standard InChI is InChI=1S/C32H38FN7O4/c1-32(2,3)44-31(43)35-12-4-5-25-19-26(30(42)39-15-17-40(33)18-16-39)21-36-28(25)29(41)37-27-10-13-38(14-11-27)22-24-8-6-23(20-34)7-9-24/h6-9,19,21,27H,10-18,22H2,1-3H3,(H,35,43)(H,37,41). The van der Waals surface area contributed by atoms with Crippen LogP contribution in [0.4, 0.5) is 9.28 Å². The molecule has 232 valence electrons. The Bertz CT molecular complexity index is 1440. The minimum absolute atomic E-state index is 0.0374. The molecular weight excluding hydrogens is 565 g/mol. The third kappa shape index (κ3) is 9.49. The Labute approximate surface area is 257 Å². The molecule has 44 heavy (non-hydrogen) atoms. The zero-order valence-corrected chi connectivity index (χ0v) is 25.4. The first kappa shape index (κ1) is 32.4. The Morgan fingerprint density at radius 3 is 2.39 bits per heavy atom. The summed E-state index contributed by atoms with van der Waals surface area (Å²) in [6.07, 6.45) is 2.23. The predicted octanol–water partition coefficient (Wildman–Crippen LogP) is 2.87. The predicted molar refractivity (Wildman–Crippen MR) is 161 cm³/mol. The van der Waals surface area contributed by atoms with Gasteiger partial charge < -0.3 is 20.3 Å². The fourth-order valence-corrected chi connectivity index (χ4v) is 4.93. The Hall–Kier alpha value is -4.52. The Morgan fingerprint density at radius 1 is 1.07 bits per heavy atom. The van der Waals surface area contributed by atoms with Gasteiger partial charge in [-0.1, -0.05) is 24.0 Å². The third-order valence-corrected chi connectivity index (χ3v) is 7.22. The van der Waals surface area contributed by atoms with Crippen molar-refractivity contribution in [2.24, 2.45) is 0 Å². The van der Waals surface area contributed by atoms with Crippen LogP contribution in [-0.2, 0) is 11.3 Å². The van der Waals surface area contributed by atoms with E-state index in [1.54, 1.807) is 25.7 Å². The van der Waals surface area contributed by atoms with Gasteiger partial charge in [-0.25, -0.2) is 9.78 Å². The van der Waals surface area contributed by atoms with Crippen molar-refractivity contribution < 1.29 is 23.6 Å². The van der Waals surface area contributed by atoms with Gasteiger partial charge in [0.1, 0.15) is 11.3 Å². The normalized spacial score (nSPS) is 16.3. The molecule has 2 saturated heterocycles. The number of piperidine rings is 1. The SMILES string of the molecule is CC(C)(C)OC(=O)NCC#Cc1cc(C(=O)N2CCN(F)CC2)cnc1C(=O)NC1CCN(Cc2ccc(C#N)cc2)CC1. The molecule has 2 N–H and O–H groups in total. The number of likely N-dealkylation sites (tertiary alicyclic amines) is 1.